The van der Waals surface area contributed by atoms with Crippen molar-refractivity contribution in [3.63, 3.8) is 0 Å². The first-order chi connectivity index (χ1) is 9.18. The molecule has 0 aliphatic carbocycles. The van der Waals surface area contributed by atoms with E-state index in [1.54, 1.807) is 43.3 Å². The summed E-state index contributed by atoms with van der Waals surface area (Å²) < 4.78 is 5.22. The van der Waals surface area contributed by atoms with Gasteiger partial charge in [-0.1, -0.05) is 48.5 Å². The fraction of sp³-hybridized carbons (Fsp3) is 0.188. The van der Waals surface area contributed by atoms with E-state index in [4.69, 9.17) is 4.74 Å². The van der Waals surface area contributed by atoms with Crippen molar-refractivity contribution in [2.24, 2.45) is 5.92 Å². The van der Waals surface area contributed by atoms with Gasteiger partial charge in [0.05, 0.1) is 12.0 Å². The summed E-state index contributed by atoms with van der Waals surface area (Å²) >= 11 is 0. The van der Waals surface area contributed by atoms with Gasteiger partial charge in [-0.15, -0.1) is 0 Å². The fourth-order valence-corrected chi connectivity index (χ4v) is 1.77. The van der Waals surface area contributed by atoms with Crippen LogP contribution in [-0.2, 0) is 4.79 Å². The molecule has 0 aromatic heterocycles. The van der Waals surface area contributed by atoms with Gasteiger partial charge in [0.25, 0.3) is 0 Å². The van der Waals surface area contributed by atoms with Gasteiger partial charge in [-0.05, 0) is 24.6 Å². The molecule has 0 saturated heterocycles. The first-order valence-corrected chi connectivity index (χ1v) is 6.18. The summed E-state index contributed by atoms with van der Waals surface area (Å²) in [5.74, 6) is -0.579. The Morgan fingerprint density at radius 1 is 1.00 bits per heavy atom. The molecule has 19 heavy (non-hydrogen) atoms. The summed E-state index contributed by atoms with van der Waals surface area (Å²) in [5.41, 5.74) is 0.708. The lowest BCUT2D eigenvalue weighted by Gasteiger charge is -2.17. The third-order valence-electron chi connectivity index (χ3n) is 2.95. The second kappa shape index (κ2) is 6.16. The topological polar surface area (TPSA) is 46.5 Å². The molecule has 0 unspecified atom stereocenters. The van der Waals surface area contributed by atoms with Crippen LogP contribution < -0.4 is 4.74 Å². The number of para-hydroxylation sites is 1. The quantitative estimate of drug-likeness (QED) is 0.675. The molecule has 2 aromatic carbocycles. The van der Waals surface area contributed by atoms with Gasteiger partial charge in [0.15, 0.2) is 0 Å². The zero-order valence-electron chi connectivity index (χ0n) is 10.7. The van der Waals surface area contributed by atoms with E-state index in [0.29, 0.717) is 11.3 Å². The second-order valence-corrected chi connectivity index (χ2v) is 4.38. The van der Waals surface area contributed by atoms with Crippen LogP contribution in [0.25, 0.3) is 0 Å². The van der Waals surface area contributed by atoms with Gasteiger partial charge in [-0.3, -0.25) is 4.79 Å². The Morgan fingerprint density at radius 3 is 2.11 bits per heavy atom. The van der Waals surface area contributed by atoms with E-state index in [1.165, 1.54) is 0 Å². The van der Waals surface area contributed by atoms with Crippen molar-refractivity contribution in [1.82, 2.24) is 0 Å². The molecular weight excluding hydrogens is 240 g/mol. The Morgan fingerprint density at radius 2 is 1.53 bits per heavy atom. The molecular formula is C16H16O3. The summed E-state index contributed by atoms with van der Waals surface area (Å²) in [6, 6.07) is 17.9. The van der Waals surface area contributed by atoms with Crippen LogP contribution in [-0.4, -0.2) is 11.1 Å². The van der Waals surface area contributed by atoms with Gasteiger partial charge in [0.1, 0.15) is 5.75 Å². The van der Waals surface area contributed by atoms with Crippen molar-refractivity contribution in [3.05, 3.63) is 66.2 Å². The monoisotopic (exact) mass is 256 g/mol. The molecule has 0 bridgehead atoms. The molecule has 0 radical (unpaired) electrons. The summed E-state index contributed by atoms with van der Waals surface area (Å²) in [5, 5.41) is 10.1. The van der Waals surface area contributed by atoms with E-state index in [9.17, 15) is 9.90 Å². The highest BCUT2D eigenvalue weighted by atomic mass is 16.5. The largest absolute Gasteiger partial charge is 0.426 e. The van der Waals surface area contributed by atoms with Crippen molar-refractivity contribution in [2.75, 3.05) is 0 Å². The summed E-state index contributed by atoms with van der Waals surface area (Å²) in [6.45, 7) is 1.66. The molecule has 0 fully saturated rings. The Bertz CT molecular complexity index is 522. The molecule has 2 aromatic rings. The number of esters is 1. The number of hydrogen-bond donors (Lipinski definition) is 1. The van der Waals surface area contributed by atoms with E-state index in [-0.39, 0.29) is 0 Å². The predicted molar refractivity (Wildman–Crippen MR) is 72.6 cm³/mol. The molecule has 2 atom stereocenters. The molecule has 0 aliphatic rings. The highest BCUT2D eigenvalue weighted by molar-refractivity contribution is 5.75. The molecule has 0 spiro atoms. The molecule has 1 N–H and O–H groups in total. The maximum Gasteiger partial charge on any atom is 0.317 e. The van der Waals surface area contributed by atoms with Gasteiger partial charge in [-0.2, -0.15) is 0 Å². The summed E-state index contributed by atoms with van der Waals surface area (Å²) in [7, 11) is 0. The molecule has 0 aliphatic heterocycles. The zero-order chi connectivity index (χ0) is 13.7. The van der Waals surface area contributed by atoms with Gasteiger partial charge in [0, 0.05) is 0 Å². The van der Waals surface area contributed by atoms with Gasteiger partial charge < -0.3 is 9.84 Å². The van der Waals surface area contributed by atoms with Crippen molar-refractivity contribution in [1.29, 1.82) is 0 Å². The molecule has 2 rings (SSSR count). The van der Waals surface area contributed by atoms with Crippen molar-refractivity contribution >= 4 is 5.97 Å². The van der Waals surface area contributed by atoms with Crippen LogP contribution >= 0.6 is 0 Å². The first-order valence-electron chi connectivity index (χ1n) is 6.18. The minimum absolute atomic E-state index is 0.442. The van der Waals surface area contributed by atoms with E-state index in [2.05, 4.69) is 0 Å². The Kier molecular flexibility index (Phi) is 4.31. The Balaban J connectivity index is 2.03. The number of benzene rings is 2. The fourth-order valence-electron chi connectivity index (χ4n) is 1.77. The third-order valence-corrected chi connectivity index (χ3v) is 2.95. The van der Waals surface area contributed by atoms with Crippen molar-refractivity contribution < 1.29 is 14.6 Å². The zero-order valence-corrected chi connectivity index (χ0v) is 10.7. The average Bonchev–Trinajstić information content (AvgIpc) is 2.47. The third kappa shape index (κ3) is 3.42. The first kappa shape index (κ1) is 13.3. The standard InChI is InChI=1S/C16H16O3/c1-12(15(17)13-8-4-2-5-9-13)16(18)19-14-10-6-3-7-11-14/h2-12,15,17H,1H3/t12-,15-/m1/s1. The minimum Gasteiger partial charge on any atom is -0.426 e. The lowest BCUT2D eigenvalue weighted by molar-refractivity contribution is -0.142. The van der Waals surface area contributed by atoms with Crippen LogP contribution in [0.15, 0.2) is 60.7 Å². The maximum absolute atomic E-state index is 11.9. The summed E-state index contributed by atoms with van der Waals surface area (Å²) in [4.78, 5) is 11.9. The summed E-state index contributed by atoms with van der Waals surface area (Å²) in [6.07, 6.45) is -0.864. The molecule has 3 heteroatoms. The SMILES string of the molecule is C[C@@H](C(=O)Oc1ccccc1)[C@@H](O)c1ccccc1. The van der Waals surface area contributed by atoms with Crippen LogP contribution in [0.3, 0.4) is 0 Å². The second-order valence-electron chi connectivity index (χ2n) is 4.38. The number of aliphatic hydroxyl groups is 1. The number of aliphatic hydroxyl groups excluding tert-OH is 1. The predicted octanol–water partition coefficient (Wildman–Crippen LogP) is 2.96. The van der Waals surface area contributed by atoms with E-state index in [1.807, 2.05) is 24.3 Å². The van der Waals surface area contributed by atoms with Gasteiger partial charge in [0.2, 0.25) is 0 Å². The number of ether oxygens (including phenoxy) is 1. The van der Waals surface area contributed by atoms with E-state index in [0.717, 1.165) is 0 Å². The Hall–Kier alpha value is -2.13. The maximum atomic E-state index is 11.9. The van der Waals surface area contributed by atoms with Crippen LogP contribution in [0.1, 0.15) is 18.6 Å². The van der Waals surface area contributed by atoms with Crippen LogP contribution in [0.5, 0.6) is 5.75 Å². The van der Waals surface area contributed by atoms with Crippen LogP contribution in [0.4, 0.5) is 0 Å². The van der Waals surface area contributed by atoms with Gasteiger partial charge >= 0.3 is 5.97 Å². The number of carbonyl (C=O) groups excluding carboxylic acids is 1. The van der Waals surface area contributed by atoms with E-state index >= 15 is 0 Å². The highest BCUT2D eigenvalue weighted by Gasteiger charge is 2.25. The lowest BCUT2D eigenvalue weighted by atomic mass is 9.98. The molecule has 0 heterocycles. The highest BCUT2D eigenvalue weighted by Crippen LogP contribution is 2.23. The lowest BCUT2D eigenvalue weighted by Crippen LogP contribution is -2.24. The van der Waals surface area contributed by atoms with Crippen LogP contribution in [0.2, 0.25) is 0 Å². The Labute approximate surface area is 112 Å². The number of hydrogen-bond acceptors (Lipinski definition) is 3. The smallest absolute Gasteiger partial charge is 0.317 e. The minimum atomic E-state index is -0.864. The van der Waals surface area contributed by atoms with Crippen molar-refractivity contribution in [3.8, 4) is 5.75 Å². The molecule has 98 valence electrons. The van der Waals surface area contributed by atoms with Crippen molar-refractivity contribution in [2.45, 2.75) is 13.0 Å². The number of carbonyl (C=O) groups is 1. The average molecular weight is 256 g/mol. The normalized spacial score (nSPS) is 13.6. The molecule has 0 saturated carbocycles. The van der Waals surface area contributed by atoms with Crippen LogP contribution in [0, 0.1) is 5.92 Å². The molecule has 3 nitrogen and oxygen atoms in total. The van der Waals surface area contributed by atoms with Gasteiger partial charge in [-0.25, -0.2) is 0 Å². The number of rotatable bonds is 4. The van der Waals surface area contributed by atoms with E-state index < -0.39 is 18.0 Å². The molecule has 0 amide bonds.